The molecule has 1 N–H and O–H groups in total. The molecule has 0 atom stereocenters. The van der Waals surface area contributed by atoms with E-state index in [1.54, 1.807) is 12.1 Å². The van der Waals surface area contributed by atoms with Gasteiger partial charge in [0.1, 0.15) is 11.6 Å². The van der Waals surface area contributed by atoms with Crippen LogP contribution in [-0.4, -0.2) is 43.1 Å². The maximum Gasteiger partial charge on any atom is 0.214 e. The Bertz CT molecular complexity index is 669. The van der Waals surface area contributed by atoms with Gasteiger partial charge in [-0.2, -0.15) is 4.39 Å². The fourth-order valence-corrected chi connectivity index (χ4v) is 2.66. The molecule has 0 unspecified atom stereocenters. The SMILES string of the molecule is CN1CCN(c2ccc(CNc3cccc(F)n3)cc2F)CC1. The predicted octanol–water partition coefficient (Wildman–Crippen LogP) is 2.72. The molecular formula is C17H20F2N4. The summed E-state index contributed by atoms with van der Waals surface area (Å²) in [5.41, 5.74) is 1.44. The monoisotopic (exact) mass is 318 g/mol. The molecule has 3 rings (SSSR count). The van der Waals surface area contributed by atoms with Gasteiger partial charge in [-0.1, -0.05) is 12.1 Å². The third kappa shape index (κ3) is 3.96. The number of piperazine rings is 1. The molecule has 1 saturated heterocycles. The zero-order chi connectivity index (χ0) is 16.2. The van der Waals surface area contributed by atoms with Crippen LogP contribution < -0.4 is 10.2 Å². The number of rotatable bonds is 4. The number of hydrogen-bond acceptors (Lipinski definition) is 4. The highest BCUT2D eigenvalue weighted by Crippen LogP contribution is 2.22. The van der Waals surface area contributed by atoms with Crippen LogP contribution in [0.2, 0.25) is 0 Å². The molecule has 0 bridgehead atoms. The minimum Gasteiger partial charge on any atom is -0.367 e. The van der Waals surface area contributed by atoms with Crippen molar-refractivity contribution in [2.75, 3.05) is 43.4 Å². The Kier molecular flexibility index (Phi) is 4.71. The predicted molar refractivity (Wildman–Crippen MR) is 87.6 cm³/mol. The van der Waals surface area contributed by atoms with E-state index >= 15 is 0 Å². The Balaban J connectivity index is 1.65. The van der Waals surface area contributed by atoms with Crippen LogP contribution in [0.15, 0.2) is 36.4 Å². The van der Waals surface area contributed by atoms with E-state index in [0.29, 0.717) is 18.1 Å². The van der Waals surface area contributed by atoms with E-state index in [1.165, 1.54) is 12.1 Å². The number of likely N-dealkylation sites (N-methyl/N-ethyl adjacent to an activating group) is 1. The van der Waals surface area contributed by atoms with Gasteiger partial charge in [0, 0.05) is 32.7 Å². The lowest BCUT2D eigenvalue weighted by Gasteiger charge is -2.34. The van der Waals surface area contributed by atoms with Crippen LogP contribution in [0, 0.1) is 11.8 Å². The maximum absolute atomic E-state index is 14.4. The van der Waals surface area contributed by atoms with Crippen LogP contribution in [0.3, 0.4) is 0 Å². The number of benzene rings is 1. The standard InChI is InChI=1S/C17H20F2N4/c1-22-7-9-23(10-8-22)15-6-5-13(11-14(15)18)12-20-17-4-2-3-16(19)21-17/h2-6,11H,7-10,12H2,1H3,(H,20,21). The molecule has 6 heteroatoms. The van der Waals surface area contributed by atoms with Crippen molar-refractivity contribution >= 4 is 11.5 Å². The van der Waals surface area contributed by atoms with Gasteiger partial charge in [-0.25, -0.2) is 9.37 Å². The number of pyridine rings is 1. The molecule has 1 fully saturated rings. The maximum atomic E-state index is 14.4. The van der Waals surface area contributed by atoms with Crippen LogP contribution in [-0.2, 0) is 6.54 Å². The number of nitrogens with zero attached hydrogens (tertiary/aromatic N) is 3. The van der Waals surface area contributed by atoms with Crippen molar-refractivity contribution in [3.8, 4) is 0 Å². The second-order valence-corrected chi connectivity index (χ2v) is 5.78. The largest absolute Gasteiger partial charge is 0.367 e. The zero-order valence-corrected chi connectivity index (χ0v) is 13.1. The summed E-state index contributed by atoms with van der Waals surface area (Å²) in [7, 11) is 2.07. The molecule has 1 aliphatic rings. The highest BCUT2D eigenvalue weighted by Gasteiger charge is 2.17. The molecule has 0 amide bonds. The van der Waals surface area contributed by atoms with Crippen LogP contribution in [0.5, 0.6) is 0 Å². The zero-order valence-electron chi connectivity index (χ0n) is 13.1. The lowest BCUT2D eigenvalue weighted by molar-refractivity contribution is 0.311. The van der Waals surface area contributed by atoms with Crippen molar-refractivity contribution in [3.63, 3.8) is 0 Å². The first-order valence-corrected chi connectivity index (χ1v) is 7.70. The molecule has 4 nitrogen and oxygen atoms in total. The van der Waals surface area contributed by atoms with Crippen LogP contribution in [0.25, 0.3) is 0 Å². The van der Waals surface area contributed by atoms with Crippen molar-refractivity contribution in [2.45, 2.75) is 6.54 Å². The summed E-state index contributed by atoms with van der Waals surface area (Å²) in [6.07, 6.45) is 0. The van der Waals surface area contributed by atoms with Gasteiger partial charge < -0.3 is 15.1 Å². The molecule has 23 heavy (non-hydrogen) atoms. The summed E-state index contributed by atoms with van der Waals surface area (Å²) in [4.78, 5) is 8.03. The van der Waals surface area contributed by atoms with E-state index in [1.807, 2.05) is 12.1 Å². The minimum atomic E-state index is -0.536. The van der Waals surface area contributed by atoms with Gasteiger partial charge in [0.15, 0.2) is 0 Å². The Morgan fingerprint density at radius 2 is 1.87 bits per heavy atom. The second kappa shape index (κ2) is 6.91. The summed E-state index contributed by atoms with van der Waals surface area (Å²) in [6.45, 7) is 3.94. The van der Waals surface area contributed by atoms with E-state index in [-0.39, 0.29) is 5.82 Å². The van der Waals surface area contributed by atoms with Gasteiger partial charge in [-0.15, -0.1) is 0 Å². The van der Waals surface area contributed by atoms with Gasteiger partial charge in [-0.3, -0.25) is 0 Å². The molecular weight excluding hydrogens is 298 g/mol. The van der Waals surface area contributed by atoms with E-state index in [2.05, 4.69) is 27.1 Å². The van der Waals surface area contributed by atoms with Gasteiger partial charge in [-0.05, 0) is 36.9 Å². The van der Waals surface area contributed by atoms with Crippen molar-refractivity contribution in [1.29, 1.82) is 0 Å². The number of anilines is 2. The van der Waals surface area contributed by atoms with Gasteiger partial charge in [0.25, 0.3) is 0 Å². The molecule has 2 aromatic rings. The number of nitrogens with one attached hydrogen (secondary N) is 1. The minimum absolute atomic E-state index is 0.221. The Morgan fingerprint density at radius 1 is 1.09 bits per heavy atom. The van der Waals surface area contributed by atoms with E-state index in [9.17, 15) is 8.78 Å². The van der Waals surface area contributed by atoms with Crippen molar-refractivity contribution in [3.05, 3.63) is 53.7 Å². The lowest BCUT2D eigenvalue weighted by atomic mass is 10.1. The second-order valence-electron chi connectivity index (χ2n) is 5.78. The molecule has 1 aromatic carbocycles. The van der Waals surface area contributed by atoms with E-state index in [4.69, 9.17) is 0 Å². The van der Waals surface area contributed by atoms with Crippen LogP contribution in [0.1, 0.15) is 5.56 Å². The fourth-order valence-electron chi connectivity index (χ4n) is 2.66. The molecule has 1 aromatic heterocycles. The van der Waals surface area contributed by atoms with Gasteiger partial charge >= 0.3 is 0 Å². The molecule has 122 valence electrons. The molecule has 1 aliphatic heterocycles. The summed E-state index contributed by atoms with van der Waals surface area (Å²) in [5, 5.41) is 3.00. The van der Waals surface area contributed by atoms with Gasteiger partial charge in [0.05, 0.1) is 5.69 Å². The average Bonchev–Trinajstić information content (AvgIpc) is 2.54. The molecule has 0 spiro atoms. The number of halogens is 2. The Morgan fingerprint density at radius 3 is 2.57 bits per heavy atom. The topological polar surface area (TPSA) is 31.4 Å². The number of aromatic nitrogens is 1. The third-order valence-corrected chi connectivity index (χ3v) is 4.04. The first kappa shape index (κ1) is 15.7. The first-order chi connectivity index (χ1) is 11.1. The summed E-state index contributed by atoms with van der Waals surface area (Å²) in [5.74, 6) is -0.318. The molecule has 0 radical (unpaired) electrons. The van der Waals surface area contributed by atoms with Gasteiger partial charge in [0.2, 0.25) is 5.95 Å². The highest BCUT2D eigenvalue weighted by atomic mass is 19.1. The van der Waals surface area contributed by atoms with Crippen molar-refractivity contribution < 1.29 is 8.78 Å². The molecule has 2 heterocycles. The van der Waals surface area contributed by atoms with Crippen LogP contribution in [0.4, 0.5) is 20.3 Å². The summed E-state index contributed by atoms with van der Waals surface area (Å²) < 4.78 is 27.4. The molecule has 0 aliphatic carbocycles. The highest BCUT2D eigenvalue weighted by molar-refractivity contribution is 5.50. The normalized spacial score (nSPS) is 15.7. The Labute approximate surface area is 134 Å². The summed E-state index contributed by atoms with van der Waals surface area (Å²) >= 11 is 0. The van der Waals surface area contributed by atoms with Crippen molar-refractivity contribution in [1.82, 2.24) is 9.88 Å². The smallest absolute Gasteiger partial charge is 0.214 e. The van der Waals surface area contributed by atoms with E-state index < -0.39 is 5.95 Å². The number of hydrogen-bond donors (Lipinski definition) is 1. The Hall–Kier alpha value is -2.21. The van der Waals surface area contributed by atoms with Crippen LogP contribution >= 0.6 is 0 Å². The van der Waals surface area contributed by atoms with Crippen molar-refractivity contribution in [2.24, 2.45) is 0 Å². The first-order valence-electron chi connectivity index (χ1n) is 7.70. The quantitative estimate of drug-likeness (QED) is 0.879. The van der Waals surface area contributed by atoms with E-state index in [0.717, 1.165) is 31.7 Å². The summed E-state index contributed by atoms with van der Waals surface area (Å²) in [6, 6.07) is 9.79. The fraction of sp³-hybridized carbons (Fsp3) is 0.353. The average molecular weight is 318 g/mol. The third-order valence-electron chi connectivity index (χ3n) is 4.04. The lowest BCUT2D eigenvalue weighted by Crippen LogP contribution is -2.44. The molecule has 0 saturated carbocycles.